The van der Waals surface area contributed by atoms with Crippen LogP contribution in [-0.4, -0.2) is 23.3 Å². The molecule has 1 aromatic rings. The SMILES string of the molecule is Cc1cccc([N+](=O)[O-])c1N1CC(CCl)CC1=O. The molecule has 1 unspecified atom stereocenters. The van der Waals surface area contributed by atoms with Gasteiger partial charge in [0.25, 0.3) is 5.69 Å². The predicted octanol–water partition coefficient (Wildman–Crippen LogP) is 2.49. The van der Waals surface area contributed by atoms with Crippen LogP contribution in [0, 0.1) is 23.0 Å². The van der Waals surface area contributed by atoms with Crippen LogP contribution in [-0.2, 0) is 4.79 Å². The minimum absolute atomic E-state index is 0.0291. The van der Waals surface area contributed by atoms with E-state index in [-0.39, 0.29) is 17.5 Å². The molecule has 2 rings (SSSR count). The van der Waals surface area contributed by atoms with Crippen molar-refractivity contribution in [3.05, 3.63) is 33.9 Å². The van der Waals surface area contributed by atoms with E-state index in [2.05, 4.69) is 0 Å². The number of carbonyl (C=O) groups is 1. The zero-order valence-corrected chi connectivity index (χ0v) is 10.7. The number of aryl methyl sites for hydroxylation is 1. The Kier molecular flexibility index (Phi) is 3.52. The molecule has 0 aliphatic carbocycles. The van der Waals surface area contributed by atoms with Crippen molar-refractivity contribution < 1.29 is 9.72 Å². The van der Waals surface area contributed by atoms with Gasteiger partial charge in [-0.05, 0) is 18.4 Å². The molecule has 1 aromatic carbocycles. The fourth-order valence-corrected chi connectivity index (χ4v) is 2.45. The number of nitrogens with zero attached hydrogens (tertiary/aromatic N) is 2. The Morgan fingerprint density at radius 1 is 1.56 bits per heavy atom. The van der Waals surface area contributed by atoms with Gasteiger partial charge in [0.15, 0.2) is 0 Å². The lowest BCUT2D eigenvalue weighted by atomic mass is 10.1. The minimum Gasteiger partial charge on any atom is -0.306 e. The number of anilines is 1. The normalized spacial score (nSPS) is 19.3. The first kappa shape index (κ1) is 12.8. The van der Waals surface area contributed by atoms with E-state index < -0.39 is 4.92 Å². The van der Waals surface area contributed by atoms with Crippen molar-refractivity contribution in [3.8, 4) is 0 Å². The van der Waals surface area contributed by atoms with Gasteiger partial charge in [-0.15, -0.1) is 11.6 Å². The number of hydrogen-bond acceptors (Lipinski definition) is 3. The number of halogens is 1. The summed E-state index contributed by atoms with van der Waals surface area (Å²) in [4.78, 5) is 24.0. The second-order valence-electron chi connectivity index (χ2n) is 4.43. The van der Waals surface area contributed by atoms with Gasteiger partial charge in [0.2, 0.25) is 5.91 Å². The second kappa shape index (κ2) is 4.94. The lowest BCUT2D eigenvalue weighted by Gasteiger charge is -2.18. The molecule has 5 nitrogen and oxygen atoms in total. The van der Waals surface area contributed by atoms with E-state index in [1.165, 1.54) is 11.0 Å². The highest BCUT2D eigenvalue weighted by Crippen LogP contribution is 2.35. The van der Waals surface area contributed by atoms with Crippen molar-refractivity contribution in [2.24, 2.45) is 5.92 Å². The Bertz CT molecular complexity index is 504. The fraction of sp³-hybridized carbons (Fsp3) is 0.417. The summed E-state index contributed by atoms with van der Waals surface area (Å²) in [6.45, 7) is 2.22. The summed E-state index contributed by atoms with van der Waals surface area (Å²) < 4.78 is 0. The minimum atomic E-state index is -0.455. The first-order chi connectivity index (χ1) is 8.54. The zero-order chi connectivity index (χ0) is 13.3. The van der Waals surface area contributed by atoms with Crippen molar-refractivity contribution in [2.45, 2.75) is 13.3 Å². The molecule has 96 valence electrons. The lowest BCUT2D eigenvalue weighted by Crippen LogP contribution is -2.26. The van der Waals surface area contributed by atoms with Gasteiger partial charge in [-0.2, -0.15) is 0 Å². The average molecular weight is 269 g/mol. The maximum atomic E-state index is 11.9. The van der Waals surface area contributed by atoms with Crippen LogP contribution in [0.2, 0.25) is 0 Å². The van der Waals surface area contributed by atoms with Crippen LogP contribution < -0.4 is 4.90 Å². The standard InChI is InChI=1S/C12H13ClN2O3/c1-8-3-2-4-10(15(17)18)12(8)14-7-9(6-13)5-11(14)16/h2-4,9H,5-7H2,1H3. The number of nitro benzene ring substituents is 1. The monoisotopic (exact) mass is 268 g/mol. The van der Waals surface area contributed by atoms with Crippen LogP contribution >= 0.6 is 11.6 Å². The molecule has 1 heterocycles. The molecule has 0 spiro atoms. The number of carbonyl (C=O) groups excluding carboxylic acids is 1. The Balaban J connectivity index is 2.45. The van der Waals surface area contributed by atoms with Crippen LogP contribution in [0.1, 0.15) is 12.0 Å². The summed E-state index contributed by atoms with van der Waals surface area (Å²) in [5, 5.41) is 11.0. The topological polar surface area (TPSA) is 63.5 Å². The van der Waals surface area contributed by atoms with E-state index >= 15 is 0 Å². The molecule has 6 heteroatoms. The van der Waals surface area contributed by atoms with Crippen LogP contribution in [0.4, 0.5) is 11.4 Å². The third-order valence-electron chi connectivity index (χ3n) is 3.11. The smallest absolute Gasteiger partial charge is 0.293 e. The van der Waals surface area contributed by atoms with E-state index in [0.29, 0.717) is 24.5 Å². The van der Waals surface area contributed by atoms with E-state index in [1.54, 1.807) is 19.1 Å². The van der Waals surface area contributed by atoms with E-state index in [9.17, 15) is 14.9 Å². The molecule has 0 N–H and O–H groups in total. The highest BCUT2D eigenvalue weighted by atomic mass is 35.5. The first-order valence-electron chi connectivity index (χ1n) is 5.65. The van der Waals surface area contributed by atoms with Gasteiger partial charge in [0.05, 0.1) is 4.92 Å². The van der Waals surface area contributed by atoms with Crippen LogP contribution in [0.15, 0.2) is 18.2 Å². The van der Waals surface area contributed by atoms with Crippen molar-refractivity contribution >= 4 is 28.9 Å². The molecule has 1 aliphatic rings. The van der Waals surface area contributed by atoms with Gasteiger partial charge >= 0.3 is 0 Å². The van der Waals surface area contributed by atoms with Crippen LogP contribution in [0.25, 0.3) is 0 Å². The number of benzene rings is 1. The van der Waals surface area contributed by atoms with Crippen LogP contribution in [0.3, 0.4) is 0 Å². The summed E-state index contributed by atoms with van der Waals surface area (Å²) in [6.07, 6.45) is 0.356. The molecule has 1 fully saturated rings. The molecule has 1 saturated heterocycles. The third kappa shape index (κ3) is 2.18. The molecule has 18 heavy (non-hydrogen) atoms. The number of hydrogen-bond donors (Lipinski definition) is 0. The van der Waals surface area contributed by atoms with E-state index in [1.807, 2.05) is 0 Å². The first-order valence-corrected chi connectivity index (χ1v) is 6.18. The Hall–Kier alpha value is -1.62. The summed E-state index contributed by atoms with van der Waals surface area (Å²) in [5.41, 5.74) is 1.10. The Morgan fingerprint density at radius 2 is 2.28 bits per heavy atom. The number of para-hydroxylation sites is 1. The fourth-order valence-electron chi connectivity index (χ4n) is 2.24. The third-order valence-corrected chi connectivity index (χ3v) is 3.54. The molecule has 0 saturated carbocycles. The summed E-state index contributed by atoms with van der Waals surface area (Å²) in [6, 6.07) is 4.81. The van der Waals surface area contributed by atoms with Crippen LogP contribution in [0.5, 0.6) is 0 Å². The van der Waals surface area contributed by atoms with Crippen molar-refractivity contribution in [1.29, 1.82) is 0 Å². The largest absolute Gasteiger partial charge is 0.306 e. The predicted molar refractivity (Wildman–Crippen MR) is 69.0 cm³/mol. The summed E-state index contributed by atoms with van der Waals surface area (Å²) >= 11 is 5.76. The molecule has 0 radical (unpaired) electrons. The van der Waals surface area contributed by atoms with Crippen molar-refractivity contribution in [2.75, 3.05) is 17.3 Å². The number of alkyl halides is 1. The molecular weight excluding hydrogens is 256 g/mol. The molecular formula is C12H13ClN2O3. The quantitative estimate of drug-likeness (QED) is 0.481. The highest BCUT2D eigenvalue weighted by Gasteiger charge is 2.34. The number of nitro groups is 1. The lowest BCUT2D eigenvalue weighted by molar-refractivity contribution is -0.384. The highest BCUT2D eigenvalue weighted by molar-refractivity contribution is 6.18. The molecule has 1 amide bonds. The van der Waals surface area contributed by atoms with Crippen molar-refractivity contribution in [3.63, 3.8) is 0 Å². The van der Waals surface area contributed by atoms with Crippen molar-refractivity contribution in [1.82, 2.24) is 0 Å². The van der Waals surface area contributed by atoms with E-state index in [0.717, 1.165) is 5.56 Å². The number of rotatable bonds is 3. The Labute approximate surface area is 109 Å². The average Bonchev–Trinajstić information content (AvgIpc) is 2.70. The molecule has 1 atom stereocenters. The van der Waals surface area contributed by atoms with Gasteiger partial charge in [0, 0.05) is 24.9 Å². The maximum absolute atomic E-state index is 11.9. The molecule has 0 bridgehead atoms. The molecule has 0 aromatic heterocycles. The van der Waals surface area contributed by atoms with Gasteiger partial charge in [-0.25, -0.2) is 0 Å². The van der Waals surface area contributed by atoms with E-state index in [4.69, 9.17) is 11.6 Å². The Morgan fingerprint density at radius 3 is 2.83 bits per heavy atom. The maximum Gasteiger partial charge on any atom is 0.293 e. The van der Waals surface area contributed by atoms with Gasteiger partial charge in [-0.3, -0.25) is 14.9 Å². The van der Waals surface area contributed by atoms with Gasteiger partial charge in [-0.1, -0.05) is 12.1 Å². The summed E-state index contributed by atoms with van der Waals surface area (Å²) in [7, 11) is 0. The summed E-state index contributed by atoms with van der Waals surface area (Å²) in [5.74, 6) is 0.360. The zero-order valence-electron chi connectivity index (χ0n) is 9.93. The number of amides is 1. The van der Waals surface area contributed by atoms with Gasteiger partial charge in [0.1, 0.15) is 5.69 Å². The molecule has 1 aliphatic heterocycles. The van der Waals surface area contributed by atoms with Gasteiger partial charge < -0.3 is 4.90 Å². The second-order valence-corrected chi connectivity index (χ2v) is 4.74.